The van der Waals surface area contributed by atoms with Gasteiger partial charge >= 0.3 is 0 Å². The van der Waals surface area contributed by atoms with Crippen LogP contribution in [0.5, 0.6) is 0 Å². The molecule has 0 saturated carbocycles. The van der Waals surface area contributed by atoms with Crippen LogP contribution in [-0.4, -0.2) is 0 Å². The fourth-order valence-electron chi connectivity index (χ4n) is 8.07. The molecule has 280 valence electrons. The predicted octanol–water partition coefficient (Wildman–Crippen LogP) is 15.6. The molecule has 2 nitrogen and oxygen atoms in total. The summed E-state index contributed by atoms with van der Waals surface area (Å²) < 4.78 is 0. The quantitative estimate of drug-likeness (QED) is 0.137. The molecular weight excluding hydrogens is 725 g/mol. The van der Waals surface area contributed by atoms with Crippen molar-refractivity contribution in [3.05, 3.63) is 255 Å². The number of para-hydroxylation sites is 3. The molecule has 0 N–H and O–H groups in total. The van der Waals surface area contributed by atoms with E-state index in [9.17, 15) is 0 Å². The molecule has 0 atom stereocenters. The van der Waals surface area contributed by atoms with Gasteiger partial charge in [-0.1, -0.05) is 176 Å². The fraction of sp³-hybridized carbons (Fsp3) is 0. The molecule has 10 aromatic rings. The first kappa shape index (κ1) is 36.1. The molecule has 2 heteroatoms. The van der Waals surface area contributed by atoms with E-state index in [1.165, 1.54) is 33.0 Å². The first-order chi connectivity index (χ1) is 29.8. The molecule has 10 aromatic carbocycles. The van der Waals surface area contributed by atoms with E-state index in [1.54, 1.807) is 0 Å². The van der Waals surface area contributed by atoms with Crippen LogP contribution in [0.2, 0.25) is 0 Å². The third-order valence-electron chi connectivity index (χ3n) is 11.0. The number of hydrogen-bond acceptors (Lipinski definition) is 2. The molecule has 0 bridgehead atoms. The standard InChI is InChI=1S/C58H38N2/c1-4-17-43(18-5-1)44-35-39-51(40-36-44)59(49-21-6-2-7-22-49)57-29-14-12-26-55(57)47-31-33-48(34-32-47)56-27-13-15-30-58(56)60(50-23-8-3-9-24-50)52-41-37-46(38-42-52)54-28-16-20-45-19-10-11-25-53(45)54/h1-11,13-25,27-31,33,35-42H. The summed E-state index contributed by atoms with van der Waals surface area (Å²) in [7, 11) is 0. The lowest BCUT2D eigenvalue weighted by Gasteiger charge is -2.28. The summed E-state index contributed by atoms with van der Waals surface area (Å²) in [5.41, 5.74) is 14.8. The normalized spacial score (nSPS) is 10.7. The number of anilines is 6. The van der Waals surface area contributed by atoms with E-state index in [0.717, 1.165) is 56.4 Å². The maximum absolute atomic E-state index is 3.56. The van der Waals surface area contributed by atoms with E-state index >= 15 is 0 Å². The second-order valence-corrected chi connectivity index (χ2v) is 14.6. The van der Waals surface area contributed by atoms with Crippen LogP contribution < -0.4 is 9.80 Å². The summed E-state index contributed by atoms with van der Waals surface area (Å²) in [6.45, 7) is 0. The lowest BCUT2D eigenvalue weighted by molar-refractivity contribution is 1.28. The van der Waals surface area contributed by atoms with Crippen LogP contribution in [0.25, 0.3) is 55.3 Å². The highest BCUT2D eigenvalue weighted by molar-refractivity contribution is 5.97. The Morgan fingerprint density at radius 3 is 1.48 bits per heavy atom. The molecule has 0 aliphatic rings. The van der Waals surface area contributed by atoms with Crippen molar-refractivity contribution in [3.63, 3.8) is 0 Å². The second kappa shape index (κ2) is 16.3. The summed E-state index contributed by atoms with van der Waals surface area (Å²) in [5, 5.41) is 2.48. The van der Waals surface area contributed by atoms with Crippen molar-refractivity contribution in [1.82, 2.24) is 0 Å². The van der Waals surface area contributed by atoms with Crippen LogP contribution in [0.15, 0.2) is 231 Å². The highest BCUT2D eigenvalue weighted by atomic mass is 15.1. The summed E-state index contributed by atoms with van der Waals surface area (Å²) in [5.74, 6) is 0. The Bertz CT molecular complexity index is 2990. The zero-order chi connectivity index (χ0) is 40.1. The Balaban J connectivity index is 1.01. The highest BCUT2D eigenvalue weighted by Crippen LogP contribution is 2.43. The van der Waals surface area contributed by atoms with E-state index < -0.39 is 0 Å². The van der Waals surface area contributed by atoms with Crippen LogP contribution in [-0.2, 0) is 0 Å². The highest BCUT2D eigenvalue weighted by Gasteiger charge is 2.20. The van der Waals surface area contributed by atoms with Crippen molar-refractivity contribution in [1.29, 1.82) is 0 Å². The van der Waals surface area contributed by atoms with Crippen molar-refractivity contribution in [3.8, 4) is 44.5 Å². The second-order valence-electron chi connectivity index (χ2n) is 14.6. The maximum Gasteiger partial charge on any atom is 0.0646 e. The number of fused-ring (bicyclic) bond motifs is 1. The molecule has 0 radical (unpaired) electrons. The first-order valence-electron chi connectivity index (χ1n) is 20.2. The summed E-state index contributed by atoms with van der Waals surface area (Å²) in [6, 6.07) is 94.8. The summed E-state index contributed by atoms with van der Waals surface area (Å²) in [4.78, 5) is 4.59. The van der Waals surface area contributed by atoms with Gasteiger partial charge in [0.2, 0.25) is 0 Å². The van der Waals surface area contributed by atoms with Gasteiger partial charge in [0.05, 0.1) is 16.9 Å². The molecule has 0 unspecified atom stereocenters. The minimum absolute atomic E-state index is 0.883. The van der Waals surface area contributed by atoms with Crippen LogP contribution >= 0.6 is 0 Å². The van der Waals surface area contributed by atoms with Gasteiger partial charge in [-0.3, -0.25) is 0 Å². The fourth-order valence-corrected chi connectivity index (χ4v) is 8.07. The molecule has 0 fully saturated rings. The van der Waals surface area contributed by atoms with Gasteiger partial charge in [-0.05, 0) is 112 Å². The summed E-state index contributed by atoms with van der Waals surface area (Å²) >= 11 is 0. The van der Waals surface area contributed by atoms with Gasteiger partial charge in [0.1, 0.15) is 0 Å². The van der Waals surface area contributed by atoms with Gasteiger partial charge in [0.25, 0.3) is 0 Å². The Morgan fingerprint density at radius 1 is 0.300 bits per heavy atom. The number of benzene rings is 8. The third-order valence-corrected chi connectivity index (χ3v) is 11.0. The van der Waals surface area contributed by atoms with Crippen molar-refractivity contribution < 1.29 is 0 Å². The molecular formula is C58H38N2. The van der Waals surface area contributed by atoms with E-state index in [2.05, 4.69) is 246 Å². The molecule has 0 saturated heterocycles. The van der Waals surface area contributed by atoms with Crippen molar-refractivity contribution >= 4 is 44.9 Å². The number of hydrogen-bond donors (Lipinski definition) is 0. The zero-order valence-corrected chi connectivity index (χ0v) is 32.8. The van der Waals surface area contributed by atoms with Gasteiger partial charge in [-0.15, -0.1) is 0 Å². The topological polar surface area (TPSA) is 6.48 Å². The average molecular weight is 763 g/mol. The molecule has 0 aromatic heterocycles. The SMILES string of the molecule is c1ccc(N(c2ccccc2)c2ccc(-c3ccccc3)cc2)c(-c2c#cc(-c3ccccc3N(c3ccccc3)c3ccc(-c4cccc5ccccc45)cc3)cc2)c#1. The largest absolute Gasteiger partial charge is 0.310 e. The first-order valence-corrected chi connectivity index (χ1v) is 20.2. The van der Waals surface area contributed by atoms with E-state index in [-0.39, 0.29) is 0 Å². The van der Waals surface area contributed by atoms with E-state index in [0.29, 0.717) is 0 Å². The van der Waals surface area contributed by atoms with Gasteiger partial charge < -0.3 is 9.80 Å². The van der Waals surface area contributed by atoms with E-state index in [1.807, 2.05) is 18.2 Å². The molecule has 60 heavy (non-hydrogen) atoms. The Hall–Kier alpha value is -8.30. The van der Waals surface area contributed by atoms with E-state index in [4.69, 9.17) is 0 Å². The molecule has 0 heterocycles. The minimum atomic E-state index is 0.883. The monoisotopic (exact) mass is 762 g/mol. The minimum Gasteiger partial charge on any atom is -0.310 e. The van der Waals surface area contributed by atoms with Crippen LogP contribution in [0.3, 0.4) is 0 Å². The van der Waals surface area contributed by atoms with Crippen LogP contribution in [0.4, 0.5) is 34.1 Å². The average Bonchev–Trinajstić information content (AvgIpc) is 3.33. The number of nitrogens with zero attached hydrogens (tertiary/aromatic N) is 2. The van der Waals surface area contributed by atoms with Gasteiger partial charge in [0, 0.05) is 39.4 Å². The maximum atomic E-state index is 3.56. The third kappa shape index (κ3) is 7.12. The molecule has 10 rings (SSSR count). The molecule has 0 spiro atoms. The predicted molar refractivity (Wildman–Crippen MR) is 250 cm³/mol. The molecule has 0 aliphatic carbocycles. The van der Waals surface area contributed by atoms with Gasteiger partial charge in [0.15, 0.2) is 0 Å². The van der Waals surface area contributed by atoms with Crippen LogP contribution in [0.1, 0.15) is 0 Å². The molecule has 0 aliphatic heterocycles. The Kier molecular flexibility index (Phi) is 9.79. The van der Waals surface area contributed by atoms with Crippen molar-refractivity contribution in [2.45, 2.75) is 0 Å². The van der Waals surface area contributed by atoms with Gasteiger partial charge in [-0.25, -0.2) is 0 Å². The Labute approximate surface area is 352 Å². The molecule has 0 amide bonds. The Morgan fingerprint density at radius 2 is 0.800 bits per heavy atom. The summed E-state index contributed by atoms with van der Waals surface area (Å²) in [6.07, 6.45) is 0. The lowest BCUT2D eigenvalue weighted by Crippen LogP contribution is -2.11. The van der Waals surface area contributed by atoms with Crippen LogP contribution in [0, 0.1) is 24.3 Å². The smallest absolute Gasteiger partial charge is 0.0646 e. The van der Waals surface area contributed by atoms with Gasteiger partial charge in [-0.2, -0.15) is 0 Å². The van der Waals surface area contributed by atoms with Crippen molar-refractivity contribution in [2.24, 2.45) is 0 Å². The zero-order valence-electron chi connectivity index (χ0n) is 32.8. The number of rotatable bonds is 10. The lowest BCUT2D eigenvalue weighted by atomic mass is 9.97. The van der Waals surface area contributed by atoms with Crippen molar-refractivity contribution in [2.75, 3.05) is 9.80 Å².